The molecule has 0 unspecified atom stereocenters. The largest absolute Gasteiger partial charge is 0.456 e. The predicted molar refractivity (Wildman–Crippen MR) is 321 cm³/mol. The van der Waals surface area contributed by atoms with E-state index in [9.17, 15) is 0 Å². The van der Waals surface area contributed by atoms with Crippen LogP contribution in [0.15, 0.2) is 276 Å². The van der Waals surface area contributed by atoms with Crippen molar-refractivity contribution in [1.29, 1.82) is 0 Å². The molecule has 0 aliphatic carbocycles. The van der Waals surface area contributed by atoms with Gasteiger partial charge in [-0.15, -0.1) is 0 Å². The van der Waals surface area contributed by atoms with Gasteiger partial charge in [0.15, 0.2) is 0 Å². The van der Waals surface area contributed by atoms with E-state index in [1.54, 1.807) is 0 Å². The summed E-state index contributed by atoms with van der Waals surface area (Å²) in [6.07, 6.45) is 0. The maximum atomic E-state index is 6.86. The summed E-state index contributed by atoms with van der Waals surface area (Å²) in [7, 11) is 0. The highest BCUT2D eigenvalue weighted by atomic mass is 16.3. The van der Waals surface area contributed by atoms with Crippen molar-refractivity contribution in [3.63, 3.8) is 0 Å². The van der Waals surface area contributed by atoms with E-state index in [1.807, 2.05) is 0 Å². The van der Waals surface area contributed by atoms with Crippen molar-refractivity contribution in [2.45, 2.75) is 24.7 Å². The maximum absolute atomic E-state index is 6.86. The van der Waals surface area contributed by atoms with Gasteiger partial charge >= 0.3 is 0 Å². The van der Waals surface area contributed by atoms with Gasteiger partial charge < -0.3 is 18.6 Å². The van der Waals surface area contributed by atoms with Crippen LogP contribution in [0.3, 0.4) is 0 Å². The van der Waals surface area contributed by atoms with Gasteiger partial charge in [0.1, 0.15) is 22.3 Å². The van der Waals surface area contributed by atoms with Gasteiger partial charge in [0.05, 0.1) is 45.0 Å². The van der Waals surface area contributed by atoms with Crippen LogP contribution in [0.1, 0.15) is 55.6 Å². The van der Waals surface area contributed by atoms with Gasteiger partial charge in [-0.2, -0.15) is 0 Å². The molecule has 14 aromatic rings. The van der Waals surface area contributed by atoms with E-state index in [0.717, 1.165) is 99.9 Å². The van der Waals surface area contributed by atoms with Gasteiger partial charge in [0.25, 0.3) is 0 Å². The fourth-order valence-electron chi connectivity index (χ4n) is 13.9. The minimum atomic E-state index is -0.689. The molecule has 0 N–H and O–H groups in total. The van der Waals surface area contributed by atoms with Crippen molar-refractivity contribution in [3.05, 3.63) is 323 Å². The van der Waals surface area contributed by atoms with E-state index >= 15 is 0 Å². The summed E-state index contributed by atoms with van der Waals surface area (Å²) in [6, 6.07) is 98.4. The molecule has 2 aliphatic rings. The van der Waals surface area contributed by atoms with E-state index in [1.165, 1.54) is 44.5 Å². The summed E-state index contributed by atoms with van der Waals surface area (Å²) in [4.78, 5) is 5.07. The zero-order chi connectivity index (χ0) is 51.7. The Kier molecular flexibility index (Phi) is 9.56. The van der Waals surface area contributed by atoms with Gasteiger partial charge in [0, 0.05) is 44.5 Å². The van der Waals surface area contributed by atoms with Crippen LogP contribution >= 0.6 is 0 Å². The van der Waals surface area contributed by atoms with Crippen molar-refractivity contribution >= 4 is 88.8 Å². The summed E-state index contributed by atoms with van der Waals surface area (Å²) in [6.45, 7) is 4.49. The van der Waals surface area contributed by atoms with Crippen LogP contribution in [0.5, 0.6) is 0 Å². The first kappa shape index (κ1) is 44.4. The molecule has 2 aliphatic heterocycles. The maximum Gasteiger partial charge on any atom is 0.137 e. The molecule has 0 bridgehead atoms. The number of nitrogens with zero attached hydrogens (tertiary/aromatic N) is 2. The lowest BCUT2D eigenvalue weighted by Crippen LogP contribution is -2.38. The lowest BCUT2D eigenvalue weighted by molar-refractivity contribution is 0.667. The molecule has 4 nitrogen and oxygen atoms in total. The van der Waals surface area contributed by atoms with E-state index in [4.69, 9.17) is 8.83 Å². The van der Waals surface area contributed by atoms with Crippen molar-refractivity contribution in [2.24, 2.45) is 0 Å². The van der Waals surface area contributed by atoms with Crippen molar-refractivity contribution in [3.8, 4) is 0 Å². The van der Waals surface area contributed by atoms with Gasteiger partial charge in [-0.25, -0.2) is 0 Å². The van der Waals surface area contributed by atoms with E-state index < -0.39 is 10.8 Å². The molecular weight excluding hydrogens is 949 g/mol. The Morgan fingerprint density at radius 2 is 0.577 bits per heavy atom. The number of para-hydroxylation sites is 4. The number of fused-ring (bicyclic) bond motifs is 11. The summed E-state index contributed by atoms with van der Waals surface area (Å²) >= 11 is 0. The molecule has 4 heteroatoms. The zero-order valence-electron chi connectivity index (χ0n) is 43.1. The van der Waals surface area contributed by atoms with Crippen LogP contribution in [0.4, 0.5) is 34.1 Å². The van der Waals surface area contributed by atoms with Gasteiger partial charge in [-0.3, -0.25) is 0 Å². The number of hydrogen-bond acceptors (Lipinski definition) is 4. The number of anilines is 6. The smallest absolute Gasteiger partial charge is 0.137 e. The monoisotopic (exact) mass is 998 g/mol. The Balaban J connectivity index is 1.01. The van der Waals surface area contributed by atoms with Crippen LogP contribution < -0.4 is 9.80 Å². The molecule has 368 valence electrons. The number of furan rings is 2. The van der Waals surface area contributed by atoms with Crippen LogP contribution in [0.25, 0.3) is 54.6 Å². The third-order valence-electron chi connectivity index (χ3n) is 17.0. The third kappa shape index (κ3) is 6.11. The first-order valence-electron chi connectivity index (χ1n) is 27.0. The van der Waals surface area contributed by atoms with Gasteiger partial charge in [-0.05, 0) is 130 Å². The number of rotatable bonds is 6. The lowest BCUT2D eigenvalue weighted by Gasteiger charge is -2.47. The normalized spacial score (nSPS) is 14.2. The number of aryl methyl sites for hydroxylation is 2. The Morgan fingerprint density at radius 1 is 0.244 bits per heavy atom. The molecule has 0 spiro atoms. The van der Waals surface area contributed by atoms with Crippen molar-refractivity contribution < 1.29 is 8.83 Å². The Labute approximate surface area is 452 Å². The van der Waals surface area contributed by atoms with Gasteiger partial charge in [-0.1, -0.05) is 194 Å². The SMILES string of the molecule is Cc1cc(N2c3ccccc3C(c3ccccc3)(c3ccccc3)c3cc4c(cc32)oc2ccccc24)c2cc(C)cc(N3c4ccccc4C(c4ccccc4)(c4ccccc4)c4cc5c(cc43)oc3ccccc35)c2c1. The Bertz CT molecular complexity index is 4330. The zero-order valence-corrected chi connectivity index (χ0v) is 43.1. The molecule has 0 saturated heterocycles. The standard InChI is InChI=1S/C74H50N2O2/c1-47-39-55-56(65(41-47)75-63-35-19-17-33-59(63)73(49-23-7-3-8-24-49,50-25-9-4-10-26-50)61-43-57-53-31-15-21-37-69(53)77-71(57)45-67(61)75)40-48(2)42-66(55)76-64-36-20-18-34-60(64)74(51-27-11-5-12-28-51,52-29-13-6-14-30-52)62-44-58-54-32-16-22-38-70(54)78-72(58)46-68(62)76/h3-46H,1-2H3. The molecule has 0 saturated carbocycles. The first-order chi connectivity index (χ1) is 38.5. The molecule has 0 atom stereocenters. The highest BCUT2D eigenvalue weighted by Crippen LogP contribution is 2.62. The van der Waals surface area contributed by atoms with Crippen LogP contribution in [-0.4, -0.2) is 0 Å². The predicted octanol–water partition coefficient (Wildman–Crippen LogP) is 19.6. The lowest BCUT2D eigenvalue weighted by atomic mass is 9.62. The van der Waals surface area contributed by atoms with Crippen molar-refractivity contribution in [1.82, 2.24) is 0 Å². The van der Waals surface area contributed by atoms with E-state index in [0.29, 0.717) is 0 Å². The first-order valence-corrected chi connectivity index (χ1v) is 27.0. The Hall–Kier alpha value is -9.90. The summed E-state index contributed by atoms with van der Waals surface area (Å²) < 4.78 is 13.7. The second-order valence-corrected chi connectivity index (χ2v) is 21.3. The minimum Gasteiger partial charge on any atom is -0.456 e. The molecule has 0 fully saturated rings. The Morgan fingerprint density at radius 3 is 0.962 bits per heavy atom. The molecule has 2 aromatic heterocycles. The van der Waals surface area contributed by atoms with Crippen molar-refractivity contribution in [2.75, 3.05) is 9.80 Å². The molecule has 0 amide bonds. The number of benzene rings is 12. The fourth-order valence-corrected chi connectivity index (χ4v) is 13.9. The molecule has 16 rings (SSSR count). The quantitative estimate of drug-likeness (QED) is 0.166. The fraction of sp³-hybridized carbons (Fsp3) is 0.0541. The topological polar surface area (TPSA) is 32.8 Å². The summed E-state index contributed by atoms with van der Waals surface area (Å²) in [5.41, 5.74) is 20.5. The minimum absolute atomic E-state index is 0.689. The molecular formula is C74H50N2O2. The average molecular weight is 999 g/mol. The van der Waals surface area contributed by atoms with Crippen LogP contribution in [-0.2, 0) is 10.8 Å². The van der Waals surface area contributed by atoms with Gasteiger partial charge in [0.2, 0.25) is 0 Å². The summed E-state index contributed by atoms with van der Waals surface area (Å²) in [5, 5.41) is 6.66. The molecule has 0 radical (unpaired) electrons. The molecule has 4 heterocycles. The second kappa shape index (κ2) is 16.8. The van der Waals surface area contributed by atoms with E-state index in [2.05, 4.69) is 291 Å². The van der Waals surface area contributed by atoms with Crippen LogP contribution in [0, 0.1) is 13.8 Å². The summed E-state index contributed by atoms with van der Waals surface area (Å²) in [5.74, 6) is 0. The van der Waals surface area contributed by atoms with Crippen LogP contribution in [0.2, 0.25) is 0 Å². The number of hydrogen-bond donors (Lipinski definition) is 0. The van der Waals surface area contributed by atoms with E-state index in [-0.39, 0.29) is 0 Å². The third-order valence-corrected chi connectivity index (χ3v) is 17.0. The second-order valence-electron chi connectivity index (χ2n) is 21.3. The average Bonchev–Trinajstić information content (AvgIpc) is 4.21. The highest BCUT2D eigenvalue weighted by molar-refractivity contribution is 6.14. The highest BCUT2D eigenvalue weighted by Gasteiger charge is 2.49. The molecule has 78 heavy (non-hydrogen) atoms. The molecule has 12 aromatic carbocycles.